The number of benzene rings is 2. The molecular formula is C17H19ClFN. The van der Waals surface area contributed by atoms with E-state index in [9.17, 15) is 4.39 Å². The van der Waals surface area contributed by atoms with Gasteiger partial charge in [0, 0.05) is 6.04 Å². The Morgan fingerprint density at radius 2 is 1.80 bits per heavy atom. The molecule has 2 aromatic carbocycles. The molecule has 0 spiro atoms. The number of nitrogens with one attached hydrogen (secondary N) is 1. The van der Waals surface area contributed by atoms with Gasteiger partial charge in [-0.1, -0.05) is 53.1 Å². The van der Waals surface area contributed by atoms with Crippen LogP contribution in [0.3, 0.4) is 0 Å². The first-order valence-corrected chi connectivity index (χ1v) is 7.07. The fourth-order valence-electron chi connectivity index (χ4n) is 2.52. The van der Waals surface area contributed by atoms with Crippen molar-refractivity contribution in [2.45, 2.75) is 26.3 Å². The highest BCUT2D eigenvalue weighted by Crippen LogP contribution is 2.25. The van der Waals surface area contributed by atoms with Crippen molar-refractivity contribution >= 4 is 11.6 Å². The molecule has 1 nitrogen and oxygen atoms in total. The lowest BCUT2D eigenvalue weighted by Gasteiger charge is -2.18. The number of rotatable bonds is 4. The van der Waals surface area contributed by atoms with Gasteiger partial charge in [-0.3, -0.25) is 0 Å². The van der Waals surface area contributed by atoms with Crippen molar-refractivity contribution in [2.24, 2.45) is 0 Å². The molecule has 0 aliphatic heterocycles. The van der Waals surface area contributed by atoms with Crippen LogP contribution in [0.1, 0.15) is 28.3 Å². The van der Waals surface area contributed by atoms with Gasteiger partial charge in [0.05, 0.1) is 5.02 Å². The smallest absolute Gasteiger partial charge is 0.145 e. The summed E-state index contributed by atoms with van der Waals surface area (Å²) in [6.07, 6.45) is 0.575. The Hall–Kier alpha value is -1.38. The van der Waals surface area contributed by atoms with Crippen molar-refractivity contribution in [3.05, 3.63) is 69.5 Å². The van der Waals surface area contributed by atoms with Crippen LogP contribution in [-0.4, -0.2) is 7.05 Å². The summed E-state index contributed by atoms with van der Waals surface area (Å²) in [5, 5.41) is 3.44. The first kappa shape index (κ1) is 15.0. The highest BCUT2D eigenvalue weighted by Gasteiger charge is 2.14. The lowest BCUT2D eigenvalue weighted by atomic mass is 9.96. The number of halogens is 2. The Kier molecular flexibility index (Phi) is 4.79. The SMILES string of the molecule is CNC(Cc1cccc(Cl)c1F)c1cc(C)cc(C)c1. The molecule has 0 amide bonds. The Morgan fingerprint density at radius 3 is 2.40 bits per heavy atom. The first-order chi connectivity index (χ1) is 9.51. The van der Waals surface area contributed by atoms with Gasteiger partial charge < -0.3 is 5.32 Å². The van der Waals surface area contributed by atoms with Crippen LogP contribution in [0.5, 0.6) is 0 Å². The molecule has 1 atom stereocenters. The maximum atomic E-state index is 14.0. The van der Waals surface area contributed by atoms with E-state index in [1.165, 1.54) is 16.7 Å². The molecule has 0 saturated carbocycles. The maximum Gasteiger partial charge on any atom is 0.145 e. The highest BCUT2D eigenvalue weighted by molar-refractivity contribution is 6.30. The van der Waals surface area contributed by atoms with Gasteiger partial charge in [0.15, 0.2) is 0 Å². The van der Waals surface area contributed by atoms with Crippen LogP contribution in [0.2, 0.25) is 5.02 Å². The molecule has 1 unspecified atom stereocenters. The van der Waals surface area contributed by atoms with E-state index in [4.69, 9.17) is 11.6 Å². The monoisotopic (exact) mass is 291 g/mol. The molecule has 0 heterocycles. The fourth-order valence-corrected chi connectivity index (χ4v) is 2.72. The summed E-state index contributed by atoms with van der Waals surface area (Å²) >= 11 is 5.84. The molecule has 3 heteroatoms. The standard InChI is InChI=1S/C17H19ClFN/c1-11-7-12(2)9-14(8-11)16(20-3)10-13-5-4-6-15(18)17(13)19/h4-9,16,20H,10H2,1-3H3. The van der Waals surface area contributed by atoms with Crippen LogP contribution in [0.25, 0.3) is 0 Å². The zero-order valence-electron chi connectivity index (χ0n) is 12.0. The number of aryl methyl sites for hydroxylation is 2. The van der Waals surface area contributed by atoms with E-state index < -0.39 is 0 Å². The summed E-state index contributed by atoms with van der Waals surface area (Å²) in [5.74, 6) is -0.321. The molecule has 0 aliphatic carbocycles. The van der Waals surface area contributed by atoms with Crippen molar-refractivity contribution in [3.8, 4) is 0 Å². The average Bonchev–Trinajstić information content (AvgIpc) is 2.39. The third kappa shape index (κ3) is 3.38. The zero-order valence-corrected chi connectivity index (χ0v) is 12.8. The van der Waals surface area contributed by atoms with Gasteiger partial charge in [-0.25, -0.2) is 4.39 Å². The fraction of sp³-hybridized carbons (Fsp3) is 0.294. The van der Waals surface area contributed by atoms with Gasteiger partial charge in [0.25, 0.3) is 0 Å². The highest BCUT2D eigenvalue weighted by atomic mass is 35.5. The van der Waals surface area contributed by atoms with E-state index in [-0.39, 0.29) is 16.9 Å². The Labute approximate surface area is 124 Å². The van der Waals surface area contributed by atoms with Gasteiger partial charge in [-0.15, -0.1) is 0 Å². The Morgan fingerprint density at radius 1 is 1.15 bits per heavy atom. The summed E-state index contributed by atoms with van der Waals surface area (Å²) in [6.45, 7) is 4.15. The molecule has 0 aliphatic rings. The van der Waals surface area contributed by atoms with Crippen molar-refractivity contribution in [1.82, 2.24) is 5.32 Å². The topological polar surface area (TPSA) is 12.0 Å². The second kappa shape index (κ2) is 6.38. The molecule has 106 valence electrons. The van der Waals surface area contributed by atoms with Crippen molar-refractivity contribution in [2.75, 3.05) is 7.05 Å². The van der Waals surface area contributed by atoms with Crippen molar-refractivity contribution < 1.29 is 4.39 Å². The second-order valence-corrected chi connectivity index (χ2v) is 5.59. The lowest BCUT2D eigenvalue weighted by Crippen LogP contribution is -2.19. The summed E-state index contributed by atoms with van der Waals surface area (Å²) in [6, 6.07) is 11.6. The molecular weight excluding hydrogens is 273 g/mol. The number of likely N-dealkylation sites (N-methyl/N-ethyl adjacent to an activating group) is 1. The zero-order chi connectivity index (χ0) is 14.7. The maximum absolute atomic E-state index is 14.0. The van der Waals surface area contributed by atoms with E-state index in [1.807, 2.05) is 7.05 Å². The van der Waals surface area contributed by atoms with Crippen LogP contribution in [0.4, 0.5) is 4.39 Å². The number of hydrogen-bond donors (Lipinski definition) is 1. The molecule has 1 N–H and O–H groups in total. The normalized spacial score (nSPS) is 12.4. The summed E-state index contributed by atoms with van der Waals surface area (Å²) in [7, 11) is 1.89. The predicted molar refractivity (Wildman–Crippen MR) is 82.8 cm³/mol. The molecule has 0 fully saturated rings. The Balaban J connectivity index is 2.31. The van der Waals surface area contributed by atoms with Crippen molar-refractivity contribution in [1.29, 1.82) is 0 Å². The van der Waals surface area contributed by atoms with Crippen LogP contribution in [0.15, 0.2) is 36.4 Å². The third-order valence-electron chi connectivity index (χ3n) is 3.45. The van der Waals surface area contributed by atoms with Gasteiger partial charge in [0.2, 0.25) is 0 Å². The molecule has 2 rings (SSSR count). The van der Waals surface area contributed by atoms with Gasteiger partial charge in [0.1, 0.15) is 5.82 Å². The predicted octanol–water partition coefficient (Wildman–Crippen LogP) is 4.60. The summed E-state index contributed by atoms with van der Waals surface area (Å²) < 4.78 is 14.0. The minimum Gasteiger partial charge on any atom is -0.313 e. The molecule has 2 aromatic rings. The molecule has 0 radical (unpaired) electrons. The summed E-state index contributed by atoms with van der Waals surface area (Å²) in [4.78, 5) is 0. The van der Waals surface area contributed by atoms with Crippen LogP contribution in [-0.2, 0) is 6.42 Å². The molecule has 20 heavy (non-hydrogen) atoms. The first-order valence-electron chi connectivity index (χ1n) is 6.69. The van der Waals surface area contributed by atoms with Crippen molar-refractivity contribution in [3.63, 3.8) is 0 Å². The quantitative estimate of drug-likeness (QED) is 0.868. The van der Waals surface area contributed by atoms with Gasteiger partial charge in [-0.2, -0.15) is 0 Å². The van der Waals surface area contributed by atoms with E-state index in [2.05, 4.69) is 37.4 Å². The summed E-state index contributed by atoms with van der Waals surface area (Å²) in [5.41, 5.74) is 4.24. The van der Waals surface area contributed by atoms with E-state index in [0.717, 1.165) is 0 Å². The molecule has 0 bridgehead atoms. The minimum atomic E-state index is -0.321. The molecule has 0 saturated heterocycles. The van der Waals surface area contributed by atoms with Gasteiger partial charge in [-0.05, 0) is 44.5 Å². The number of hydrogen-bond acceptors (Lipinski definition) is 1. The lowest BCUT2D eigenvalue weighted by molar-refractivity contribution is 0.554. The van der Waals surface area contributed by atoms with Crippen LogP contribution < -0.4 is 5.32 Å². The van der Waals surface area contributed by atoms with Crippen LogP contribution in [0, 0.1) is 19.7 Å². The van der Waals surface area contributed by atoms with E-state index in [0.29, 0.717) is 12.0 Å². The van der Waals surface area contributed by atoms with E-state index in [1.54, 1.807) is 18.2 Å². The second-order valence-electron chi connectivity index (χ2n) is 5.18. The third-order valence-corrected chi connectivity index (χ3v) is 3.74. The minimum absolute atomic E-state index is 0.0709. The van der Waals surface area contributed by atoms with E-state index >= 15 is 0 Å². The largest absolute Gasteiger partial charge is 0.313 e. The Bertz CT molecular complexity index is 590. The average molecular weight is 292 g/mol. The molecule has 0 aromatic heterocycles. The van der Waals surface area contributed by atoms with Gasteiger partial charge >= 0.3 is 0 Å². The van der Waals surface area contributed by atoms with Crippen LogP contribution >= 0.6 is 11.6 Å².